The third-order valence-electron chi connectivity index (χ3n) is 0.856. The maximum Gasteiger partial charge on any atom is 2.00 e. The van der Waals surface area contributed by atoms with E-state index in [0.717, 1.165) is 0 Å². The smallest absolute Gasteiger partial charge is 0.747 e. The minimum atomic E-state index is -5.42. The van der Waals surface area contributed by atoms with E-state index in [1.54, 1.807) is 0 Å². The number of carbonyl (C=O) groups excluding carboxylic acids is 1. The summed E-state index contributed by atoms with van der Waals surface area (Å²) in [7, 11) is -10.8. The summed E-state index contributed by atoms with van der Waals surface area (Å²) in [6.45, 7) is 0.537. The van der Waals surface area contributed by atoms with Gasteiger partial charge in [0.15, 0.2) is 10.4 Å². The molecule has 0 heterocycles. The molecule has 0 aliphatic heterocycles. The zero-order valence-corrected chi connectivity index (χ0v) is 9.51. The van der Waals surface area contributed by atoms with Crippen molar-refractivity contribution in [1.29, 1.82) is 0 Å². The van der Waals surface area contributed by atoms with E-state index in [1.807, 2.05) is 0 Å². The van der Waals surface area contributed by atoms with Crippen molar-refractivity contribution < 1.29 is 30.7 Å². The first-order valence-electron chi connectivity index (χ1n) is 2.46. The monoisotopic (exact) mass is 240 g/mol. The van der Waals surface area contributed by atoms with Gasteiger partial charge in [0.1, 0.15) is 20.2 Å². The van der Waals surface area contributed by atoms with E-state index in [4.69, 9.17) is 0 Å². The maximum absolute atomic E-state index is 10.3. The maximum atomic E-state index is 10.3. The van der Waals surface area contributed by atoms with Gasteiger partial charge in [-0.15, -0.1) is 0 Å². The van der Waals surface area contributed by atoms with Crippen molar-refractivity contribution in [2.45, 2.75) is 11.5 Å². The summed E-state index contributed by atoms with van der Waals surface area (Å²) in [5.74, 6) is -1.50. The van der Waals surface area contributed by atoms with Gasteiger partial charge in [-0.3, -0.25) is 4.79 Å². The number of Topliss-reactive ketones (excluding diaryl/α,β-unsaturated/α-hetero) is 1. The fourth-order valence-electron chi connectivity index (χ4n) is 0.551. The van der Waals surface area contributed by atoms with Crippen LogP contribution in [0.1, 0.15) is 6.92 Å². The van der Waals surface area contributed by atoms with Gasteiger partial charge in [-0.1, -0.05) is 0 Å². The molecule has 0 aliphatic carbocycles. The summed E-state index contributed by atoms with van der Waals surface area (Å²) in [4.78, 5) is 10.3. The molecule has 0 amide bonds. The molecular formula is C3H4MgO7S2. The Kier molecular flexibility index (Phi) is 5.63. The normalized spacial score (nSPS) is 12.3. The average Bonchev–Trinajstić information content (AvgIpc) is 1.49. The summed E-state index contributed by atoms with van der Waals surface area (Å²) in [5.41, 5.74) is 0. The molecule has 0 aliphatic rings. The molecule has 0 rings (SSSR count). The Bertz CT molecular complexity index is 346. The third kappa shape index (κ3) is 4.88. The van der Waals surface area contributed by atoms with Crippen LogP contribution in [0, 0.1) is 0 Å². The molecule has 0 spiro atoms. The number of hydrogen-bond donors (Lipinski definition) is 0. The van der Waals surface area contributed by atoms with Crippen molar-refractivity contribution in [1.82, 2.24) is 0 Å². The quantitative estimate of drug-likeness (QED) is 0.397. The molecule has 0 bridgehead atoms. The minimum Gasteiger partial charge on any atom is -0.747 e. The van der Waals surface area contributed by atoms with Gasteiger partial charge in [-0.2, -0.15) is 0 Å². The number of rotatable bonds is 3. The van der Waals surface area contributed by atoms with Gasteiger partial charge >= 0.3 is 23.1 Å². The first-order chi connectivity index (χ1) is 5.07. The molecule has 0 N–H and O–H groups in total. The molecule has 0 aromatic heterocycles. The number of carbonyl (C=O) groups is 1. The first kappa shape index (κ1) is 15.7. The van der Waals surface area contributed by atoms with Crippen LogP contribution in [0.15, 0.2) is 0 Å². The van der Waals surface area contributed by atoms with Gasteiger partial charge in [-0.05, 0) is 6.92 Å². The van der Waals surface area contributed by atoms with Crippen LogP contribution in [0.3, 0.4) is 0 Å². The number of ketones is 1. The Morgan fingerprint density at radius 3 is 1.31 bits per heavy atom. The SMILES string of the molecule is CC(=O)C(S(=O)(=O)[O-])S(=O)(=O)[O-].[Mg+2]. The largest absolute Gasteiger partial charge is 2.00 e. The molecule has 0 fully saturated rings. The van der Waals surface area contributed by atoms with Gasteiger partial charge < -0.3 is 9.11 Å². The van der Waals surface area contributed by atoms with Crippen molar-refractivity contribution in [2.75, 3.05) is 0 Å². The molecule has 0 unspecified atom stereocenters. The molecule has 0 saturated carbocycles. The van der Waals surface area contributed by atoms with E-state index in [0.29, 0.717) is 6.92 Å². The van der Waals surface area contributed by atoms with Crippen LogP contribution < -0.4 is 0 Å². The van der Waals surface area contributed by atoms with Crippen LogP contribution in [-0.2, 0) is 25.0 Å². The second-order valence-electron chi connectivity index (χ2n) is 1.93. The molecule has 0 radical (unpaired) electrons. The van der Waals surface area contributed by atoms with Crippen LogP contribution in [0.25, 0.3) is 0 Å². The predicted molar refractivity (Wildman–Crippen MR) is 39.6 cm³/mol. The van der Waals surface area contributed by atoms with Crippen molar-refractivity contribution in [3.63, 3.8) is 0 Å². The molecule has 0 saturated heterocycles. The molecule has 7 nitrogen and oxygen atoms in total. The Morgan fingerprint density at radius 1 is 1.08 bits per heavy atom. The topological polar surface area (TPSA) is 131 Å². The summed E-state index contributed by atoms with van der Waals surface area (Å²) in [6, 6.07) is 0. The van der Waals surface area contributed by atoms with E-state index in [2.05, 4.69) is 0 Å². The summed E-state index contributed by atoms with van der Waals surface area (Å²) in [5, 5.41) is 0. The Morgan fingerprint density at radius 2 is 1.31 bits per heavy atom. The fraction of sp³-hybridized carbons (Fsp3) is 0.667. The van der Waals surface area contributed by atoms with Gasteiger partial charge in [0.25, 0.3) is 0 Å². The van der Waals surface area contributed by atoms with E-state index in [9.17, 15) is 30.7 Å². The summed E-state index contributed by atoms with van der Waals surface area (Å²) in [6.07, 6.45) is 0. The van der Waals surface area contributed by atoms with Crippen LogP contribution in [0.2, 0.25) is 0 Å². The predicted octanol–water partition coefficient (Wildman–Crippen LogP) is -2.39. The van der Waals surface area contributed by atoms with Crippen molar-refractivity contribution in [3.8, 4) is 0 Å². The first-order valence-corrected chi connectivity index (χ1v) is 5.41. The van der Waals surface area contributed by atoms with Gasteiger partial charge in [-0.25, -0.2) is 16.8 Å². The van der Waals surface area contributed by atoms with Gasteiger partial charge in [0.2, 0.25) is 0 Å². The molecular weight excluding hydrogens is 236 g/mol. The molecule has 0 aromatic rings. The van der Waals surface area contributed by atoms with Crippen molar-refractivity contribution >= 4 is 49.1 Å². The van der Waals surface area contributed by atoms with Crippen LogP contribution in [0.4, 0.5) is 0 Å². The summed E-state index contributed by atoms with van der Waals surface area (Å²) < 4.78 is 57.4. The van der Waals surface area contributed by atoms with Gasteiger partial charge in [0, 0.05) is 0 Å². The Balaban J connectivity index is 0. The van der Waals surface area contributed by atoms with Crippen LogP contribution in [0.5, 0.6) is 0 Å². The van der Waals surface area contributed by atoms with E-state index in [-0.39, 0.29) is 23.1 Å². The molecule has 10 heteroatoms. The second kappa shape index (κ2) is 4.66. The summed E-state index contributed by atoms with van der Waals surface area (Å²) >= 11 is 0. The Labute approximate surface area is 91.2 Å². The van der Waals surface area contributed by atoms with Crippen LogP contribution >= 0.6 is 0 Å². The van der Waals surface area contributed by atoms with E-state index >= 15 is 0 Å². The molecule has 72 valence electrons. The molecule has 0 atom stereocenters. The van der Waals surface area contributed by atoms with Crippen LogP contribution in [-0.4, -0.2) is 59.4 Å². The Hall–Kier alpha value is 0.256. The average molecular weight is 240 g/mol. The van der Waals surface area contributed by atoms with Crippen molar-refractivity contribution in [2.24, 2.45) is 0 Å². The zero-order valence-electron chi connectivity index (χ0n) is 6.46. The molecule has 13 heavy (non-hydrogen) atoms. The number of hydrogen-bond acceptors (Lipinski definition) is 7. The fourth-order valence-corrected chi connectivity index (χ4v) is 2.52. The van der Waals surface area contributed by atoms with Crippen molar-refractivity contribution in [3.05, 3.63) is 0 Å². The second-order valence-corrected chi connectivity index (χ2v) is 5.14. The van der Waals surface area contributed by atoms with E-state index < -0.39 is 30.6 Å². The molecule has 0 aromatic carbocycles. The van der Waals surface area contributed by atoms with Gasteiger partial charge in [0.05, 0.1) is 0 Å². The standard InChI is InChI=1S/C3H6O7S2.Mg/c1-2(4)3(11(5,6)7)12(8,9)10;/h3H,1H3,(H,5,6,7)(H,8,9,10);/q;+2/p-2. The minimum absolute atomic E-state index is 0. The van der Waals surface area contributed by atoms with E-state index in [1.165, 1.54) is 0 Å². The third-order valence-corrected chi connectivity index (χ3v) is 3.98. The zero-order chi connectivity index (χ0) is 10.2.